The largest absolute Gasteiger partial charge is 0.383 e. The normalized spacial score (nSPS) is 10.7. The van der Waals surface area contributed by atoms with Gasteiger partial charge in [0.15, 0.2) is 0 Å². The first-order chi connectivity index (χ1) is 10.3. The first-order valence-corrected chi connectivity index (χ1v) is 7.00. The maximum Gasteiger partial charge on any atom is 0.207 e. The Hall–Kier alpha value is -2.62. The zero-order valence-corrected chi connectivity index (χ0v) is 11.9. The second kappa shape index (κ2) is 5.79. The van der Waals surface area contributed by atoms with Crippen LogP contribution in [0.2, 0.25) is 0 Å². The lowest BCUT2D eigenvalue weighted by Gasteiger charge is -2.12. The summed E-state index contributed by atoms with van der Waals surface area (Å²) >= 11 is 0. The Balaban J connectivity index is 1.79. The van der Waals surface area contributed by atoms with E-state index >= 15 is 0 Å². The fourth-order valence-corrected chi connectivity index (χ4v) is 2.41. The molecule has 0 aliphatic carbocycles. The van der Waals surface area contributed by atoms with E-state index in [0.29, 0.717) is 11.9 Å². The molecule has 1 heterocycles. The summed E-state index contributed by atoms with van der Waals surface area (Å²) in [6.45, 7) is 3.54. The van der Waals surface area contributed by atoms with E-state index in [9.17, 15) is 4.79 Å². The van der Waals surface area contributed by atoms with Crippen molar-refractivity contribution in [2.75, 3.05) is 11.9 Å². The van der Waals surface area contributed by atoms with E-state index < -0.39 is 0 Å². The minimum absolute atomic E-state index is 0.0336. The maximum atomic E-state index is 11.8. The molecular weight excluding hydrogens is 262 g/mol. The summed E-state index contributed by atoms with van der Waals surface area (Å²) in [7, 11) is 0. The van der Waals surface area contributed by atoms with E-state index in [0.717, 1.165) is 17.7 Å². The molecule has 4 heteroatoms. The summed E-state index contributed by atoms with van der Waals surface area (Å²) < 4.78 is 1.86. The summed E-state index contributed by atoms with van der Waals surface area (Å²) in [5, 5.41) is 8.34. The van der Waals surface area contributed by atoms with Gasteiger partial charge in [0.25, 0.3) is 0 Å². The van der Waals surface area contributed by atoms with Crippen molar-refractivity contribution < 1.29 is 0 Å². The van der Waals surface area contributed by atoms with Crippen molar-refractivity contribution in [1.29, 1.82) is 0 Å². The molecule has 0 aliphatic rings. The van der Waals surface area contributed by atoms with Crippen molar-refractivity contribution in [1.82, 2.24) is 9.78 Å². The van der Waals surface area contributed by atoms with Gasteiger partial charge in [0.2, 0.25) is 5.43 Å². The van der Waals surface area contributed by atoms with Gasteiger partial charge in [-0.25, -0.2) is 0 Å². The molecule has 2 aromatic carbocycles. The molecular formula is C17H17N3O. The number of para-hydroxylation sites is 2. The molecule has 0 radical (unpaired) electrons. The molecule has 0 aliphatic heterocycles. The van der Waals surface area contributed by atoms with Crippen LogP contribution in [0.25, 0.3) is 10.9 Å². The van der Waals surface area contributed by atoms with Crippen LogP contribution in [0.1, 0.15) is 5.56 Å². The number of hydrogen-bond donors (Lipinski definition) is 1. The Labute approximate surface area is 123 Å². The highest BCUT2D eigenvalue weighted by molar-refractivity contribution is 5.77. The van der Waals surface area contributed by atoms with Crippen molar-refractivity contribution in [2.45, 2.75) is 13.5 Å². The summed E-state index contributed by atoms with van der Waals surface area (Å²) in [5.41, 5.74) is 3.18. The standard InChI is InChI=1S/C17H17N3O/c1-13-6-2-4-8-15(13)18-10-11-20-16-9-5-3-7-14(16)17(21)12-19-20/h2-9,12,18H,10-11H2,1H3. The number of anilines is 1. The number of nitrogens with zero attached hydrogens (tertiary/aromatic N) is 2. The Morgan fingerprint density at radius 2 is 1.86 bits per heavy atom. The van der Waals surface area contributed by atoms with Crippen molar-refractivity contribution >= 4 is 16.6 Å². The third-order valence-corrected chi connectivity index (χ3v) is 3.55. The molecule has 0 spiro atoms. The van der Waals surface area contributed by atoms with E-state index in [1.54, 1.807) is 0 Å². The zero-order valence-electron chi connectivity index (χ0n) is 11.9. The van der Waals surface area contributed by atoms with Crippen molar-refractivity contribution in [3.05, 3.63) is 70.5 Å². The third-order valence-electron chi connectivity index (χ3n) is 3.55. The van der Waals surface area contributed by atoms with E-state index in [2.05, 4.69) is 29.5 Å². The van der Waals surface area contributed by atoms with Gasteiger partial charge in [-0.15, -0.1) is 0 Å². The number of benzene rings is 2. The lowest BCUT2D eigenvalue weighted by atomic mass is 10.2. The highest BCUT2D eigenvalue weighted by Gasteiger charge is 2.03. The van der Waals surface area contributed by atoms with Crippen LogP contribution in [0.3, 0.4) is 0 Å². The third kappa shape index (κ3) is 2.79. The van der Waals surface area contributed by atoms with Gasteiger partial charge in [0.05, 0.1) is 18.3 Å². The molecule has 3 rings (SSSR count). The number of fused-ring (bicyclic) bond motifs is 1. The fraction of sp³-hybridized carbons (Fsp3) is 0.176. The van der Waals surface area contributed by atoms with Gasteiger partial charge in [-0.2, -0.15) is 5.10 Å². The van der Waals surface area contributed by atoms with Crippen LogP contribution in [-0.4, -0.2) is 16.3 Å². The fourth-order valence-electron chi connectivity index (χ4n) is 2.41. The van der Waals surface area contributed by atoms with Crippen LogP contribution in [0.4, 0.5) is 5.69 Å². The second-order valence-corrected chi connectivity index (χ2v) is 4.99. The smallest absolute Gasteiger partial charge is 0.207 e. The van der Waals surface area contributed by atoms with Gasteiger partial charge in [-0.05, 0) is 30.7 Å². The highest BCUT2D eigenvalue weighted by Crippen LogP contribution is 2.13. The SMILES string of the molecule is Cc1ccccc1NCCn1ncc(=O)c2ccccc21. The number of nitrogens with one attached hydrogen (secondary N) is 1. The molecule has 0 atom stereocenters. The van der Waals surface area contributed by atoms with Crippen LogP contribution in [0.5, 0.6) is 0 Å². The lowest BCUT2D eigenvalue weighted by Crippen LogP contribution is -2.17. The number of aryl methyl sites for hydroxylation is 1. The summed E-state index contributed by atoms with van der Waals surface area (Å²) in [6, 6.07) is 15.7. The van der Waals surface area contributed by atoms with Gasteiger partial charge in [-0.3, -0.25) is 9.48 Å². The van der Waals surface area contributed by atoms with Gasteiger partial charge in [0.1, 0.15) is 0 Å². The van der Waals surface area contributed by atoms with E-state index in [4.69, 9.17) is 0 Å². The Kier molecular flexibility index (Phi) is 3.69. The minimum atomic E-state index is -0.0336. The van der Waals surface area contributed by atoms with Gasteiger partial charge >= 0.3 is 0 Å². The second-order valence-electron chi connectivity index (χ2n) is 4.99. The summed E-state index contributed by atoms with van der Waals surface area (Å²) in [6.07, 6.45) is 1.39. The van der Waals surface area contributed by atoms with Crippen molar-refractivity contribution in [3.63, 3.8) is 0 Å². The van der Waals surface area contributed by atoms with E-state index in [1.807, 2.05) is 41.1 Å². The predicted molar refractivity (Wildman–Crippen MR) is 85.7 cm³/mol. The maximum absolute atomic E-state index is 11.8. The molecule has 0 unspecified atom stereocenters. The van der Waals surface area contributed by atoms with E-state index in [-0.39, 0.29) is 5.43 Å². The average molecular weight is 279 g/mol. The molecule has 21 heavy (non-hydrogen) atoms. The number of aromatic nitrogens is 2. The van der Waals surface area contributed by atoms with Crippen LogP contribution >= 0.6 is 0 Å². The Morgan fingerprint density at radius 1 is 1.10 bits per heavy atom. The van der Waals surface area contributed by atoms with Crippen molar-refractivity contribution in [2.24, 2.45) is 0 Å². The van der Waals surface area contributed by atoms with Crippen LogP contribution in [0, 0.1) is 6.92 Å². The van der Waals surface area contributed by atoms with Crippen LogP contribution < -0.4 is 10.7 Å². The molecule has 1 N–H and O–H groups in total. The molecule has 0 saturated carbocycles. The summed E-state index contributed by atoms with van der Waals surface area (Å²) in [5.74, 6) is 0. The Bertz CT molecular complexity index is 823. The molecule has 1 aromatic heterocycles. The predicted octanol–water partition coefficient (Wildman–Crippen LogP) is 2.82. The first-order valence-electron chi connectivity index (χ1n) is 7.00. The zero-order chi connectivity index (χ0) is 14.7. The first kappa shape index (κ1) is 13.4. The molecule has 3 aromatic rings. The van der Waals surface area contributed by atoms with Crippen molar-refractivity contribution in [3.8, 4) is 0 Å². The van der Waals surface area contributed by atoms with Crippen LogP contribution in [-0.2, 0) is 6.54 Å². The summed E-state index contributed by atoms with van der Waals surface area (Å²) in [4.78, 5) is 11.8. The molecule has 4 nitrogen and oxygen atoms in total. The van der Waals surface area contributed by atoms with Gasteiger partial charge < -0.3 is 5.32 Å². The number of rotatable bonds is 4. The quantitative estimate of drug-likeness (QED) is 0.799. The monoisotopic (exact) mass is 279 g/mol. The average Bonchev–Trinajstić information content (AvgIpc) is 2.52. The topological polar surface area (TPSA) is 46.9 Å². The highest BCUT2D eigenvalue weighted by atomic mass is 16.1. The lowest BCUT2D eigenvalue weighted by molar-refractivity contribution is 0.646. The molecule has 0 fully saturated rings. The number of hydrogen-bond acceptors (Lipinski definition) is 3. The van der Waals surface area contributed by atoms with Gasteiger partial charge in [-0.1, -0.05) is 30.3 Å². The van der Waals surface area contributed by atoms with E-state index in [1.165, 1.54) is 11.8 Å². The van der Waals surface area contributed by atoms with Gasteiger partial charge in [0, 0.05) is 17.6 Å². The minimum Gasteiger partial charge on any atom is -0.383 e. The molecule has 0 amide bonds. The molecule has 0 bridgehead atoms. The van der Waals surface area contributed by atoms with Crippen LogP contribution in [0.15, 0.2) is 59.5 Å². The Morgan fingerprint density at radius 3 is 2.71 bits per heavy atom. The molecule has 0 saturated heterocycles. The molecule has 106 valence electrons.